The Morgan fingerprint density at radius 2 is 2.35 bits per heavy atom. The molecular formula is C12H13BrN2O2. The van der Waals surface area contributed by atoms with E-state index in [0.29, 0.717) is 6.42 Å². The van der Waals surface area contributed by atoms with Crippen molar-refractivity contribution in [2.24, 2.45) is 0 Å². The second-order valence-corrected chi connectivity index (χ2v) is 5.13. The number of nitrogens with zero attached hydrogens (tertiary/aromatic N) is 2. The van der Waals surface area contributed by atoms with Crippen LogP contribution in [0.1, 0.15) is 17.9 Å². The molecule has 17 heavy (non-hydrogen) atoms. The number of hydrogen-bond donors (Lipinski definition) is 1. The quantitative estimate of drug-likeness (QED) is 0.880. The summed E-state index contributed by atoms with van der Waals surface area (Å²) >= 11 is 3.45. The van der Waals surface area contributed by atoms with Gasteiger partial charge in [0.05, 0.1) is 11.8 Å². The van der Waals surface area contributed by atoms with Gasteiger partial charge in [-0.15, -0.1) is 0 Å². The fourth-order valence-electron chi connectivity index (χ4n) is 2.24. The van der Waals surface area contributed by atoms with Crippen LogP contribution in [0.3, 0.4) is 0 Å². The van der Waals surface area contributed by atoms with Crippen LogP contribution in [0.15, 0.2) is 21.2 Å². The van der Waals surface area contributed by atoms with E-state index in [1.807, 2.05) is 19.1 Å². The summed E-state index contributed by atoms with van der Waals surface area (Å²) < 4.78 is 8.54. The minimum absolute atomic E-state index is 0.262. The van der Waals surface area contributed by atoms with E-state index in [1.54, 1.807) is 0 Å². The summed E-state index contributed by atoms with van der Waals surface area (Å²) in [7, 11) is 0. The fraction of sp³-hybridized carbons (Fsp3) is 0.417. The Hall–Kier alpha value is -1.07. The smallest absolute Gasteiger partial charge is 0.177 e. The molecule has 90 valence electrons. The van der Waals surface area contributed by atoms with Crippen LogP contribution in [0.2, 0.25) is 0 Å². The van der Waals surface area contributed by atoms with E-state index < -0.39 is 0 Å². The van der Waals surface area contributed by atoms with Gasteiger partial charge in [0, 0.05) is 13.0 Å². The Balaban J connectivity index is 2.10. The van der Waals surface area contributed by atoms with Gasteiger partial charge in [-0.05, 0) is 41.4 Å². The fourth-order valence-corrected chi connectivity index (χ4v) is 2.78. The first kappa shape index (κ1) is 11.0. The van der Waals surface area contributed by atoms with Gasteiger partial charge in [-0.1, -0.05) is 0 Å². The first-order chi connectivity index (χ1) is 8.15. The molecule has 0 amide bonds. The Bertz CT molecular complexity index is 559. The van der Waals surface area contributed by atoms with Gasteiger partial charge in [0.2, 0.25) is 0 Å². The van der Waals surface area contributed by atoms with Crippen molar-refractivity contribution in [3.8, 4) is 11.6 Å². The van der Waals surface area contributed by atoms with Crippen molar-refractivity contribution < 1.29 is 9.52 Å². The molecule has 1 aliphatic heterocycles. The number of imidazole rings is 1. The first-order valence-corrected chi connectivity index (χ1v) is 6.44. The highest BCUT2D eigenvalue weighted by Gasteiger charge is 2.24. The molecule has 5 heteroatoms. The van der Waals surface area contributed by atoms with Crippen LogP contribution < -0.4 is 0 Å². The Morgan fingerprint density at radius 1 is 1.53 bits per heavy atom. The summed E-state index contributed by atoms with van der Waals surface area (Å²) in [5, 5.41) is 9.68. The number of halogens is 1. The van der Waals surface area contributed by atoms with Gasteiger partial charge in [-0.3, -0.25) is 0 Å². The molecule has 1 N–H and O–H groups in total. The Morgan fingerprint density at radius 3 is 3.06 bits per heavy atom. The van der Waals surface area contributed by atoms with E-state index in [-0.39, 0.29) is 6.10 Å². The highest BCUT2D eigenvalue weighted by atomic mass is 79.9. The van der Waals surface area contributed by atoms with Gasteiger partial charge in [-0.2, -0.15) is 0 Å². The van der Waals surface area contributed by atoms with E-state index in [9.17, 15) is 5.11 Å². The summed E-state index contributed by atoms with van der Waals surface area (Å²) in [6, 6.07) is 3.87. The van der Waals surface area contributed by atoms with Gasteiger partial charge >= 0.3 is 0 Å². The van der Waals surface area contributed by atoms with E-state index in [0.717, 1.165) is 40.6 Å². The Labute approximate surface area is 107 Å². The molecule has 0 saturated heterocycles. The predicted octanol–water partition coefficient (Wildman–Crippen LogP) is 2.52. The number of aliphatic hydroxyl groups is 1. The average Bonchev–Trinajstić information content (AvgIpc) is 2.84. The summed E-state index contributed by atoms with van der Waals surface area (Å²) in [4.78, 5) is 4.49. The first-order valence-electron chi connectivity index (χ1n) is 5.65. The lowest BCUT2D eigenvalue weighted by atomic mass is 10.1. The zero-order chi connectivity index (χ0) is 12.0. The standard InChI is InChI=1S/C12H13BrN2O2/c1-7-2-3-10(17-7)12-14-11(13)9-6-8(16)4-5-15(9)12/h2-3,8,16H,4-6H2,1H3. The van der Waals surface area contributed by atoms with Crippen LogP contribution in [0.25, 0.3) is 11.6 Å². The molecule has 3 heterocycles. The second kappa shape index (κ2) is 3.99. The van der Waals surface area contributed by atoms with E-state index in [1.165, 1.54) is 0 Å². The van der Waals surface area contributed by atoms with Crippen molar-refractivity contribution in [3.05, 3.63) is 28.2 Å². The maximum atomic E-state index is 9.68. The summed E-state index contributed by atoms with van der Waals surface area (Å²) in [6.45, 7) is 2.70. The van der Waals surface area contributed by atoms with Crippen molar-refractivity contribution in [2.45, 2.75) is 32.4 Å². The predicted molar refractivity (Wildman–Crippen MR) is 66.7 cm³/mol. The molecule has 4 nitrogen and oxygen atoms in total. The number of aromatic nitrogens is 2. The molecule has 1 aliphatic rings. The molecule has 0 fully saturated rings. The van der Waals surface area contributed by atoms with Crippen molar-refractivity contribution in [3.63, 3.8) is 0 Å². The Kier molecular flexibility index (Phi) is 2.60. The van der Waals surface area contributed by atoms with Crippen LogP contribution in [0.4, 0.5) is 0 Å². The molecule has 0 spiro atoms. The molecule has 0 aromatic carbocycles. The van der Waals surface area contributed by atoms with Crippen LogP contribution >= 0.6 is 15.9 Å². The van der Waals surface area contributed by atoms with E-state index in [4.69, 9.17) is 4.42 Å². The van der Waals surface area contributed by atoms with Crippen LogP contribution in [-0.2, 0) is 13.0 Å². The lowest BCUT2D eigenvalue weighted by Gasteiger charge is -2.20. The monoisotopic (exact) mass is 296 g/mol. The molecule has 0 aliphatic carbocycles. The van der Waals surface area contributed by atoms with Crippen molar-refractivity contribution in [1.82, 2.24) is 9.55 Å². The lowest BCUT2D eigenvalue weighted by Crippen LogP contribution is -2.23. The maximum Gasteiger partial charge on any atom is 0.177 e. The molecule has 1 atom stereocenters. The van der Waals surface area contributed by atoms with Crippen molar-refractivity contribution >= 4 is 15.9 Å². The largest absolute Gasteiger partial charge is 0.458 e. The molecule has 0 radical (unpaired) electrons. The highest BCUT2D eigenvalue weighted by Crippen LogP contribution is 2.31. The highest BCUT2D eigenvalue weighted by molar-refractivity contribution is 9.10. The number of furan rings is 1. The summed E-state index contributed by atoms with van der Waals surface area (Å²) in [6.07, 6.45) is 1.15. The molecule has 0 saturated carbocycles. The number of fused-ring (bicyclic) bond motifs is 1. The zero-order valence-electron chi connectivity index (χ0n) is 9.48. The molecule has 0 bridgehead atoms. The van der Waals surface area contributed by atoms with Crippen LogP contribution in [0.5, 0.6) is 0 Å². The van der Waals surface area contributed by atoms with Gasteiger partial charge in [0.1, 0.15) is 10.4 Å². The summed E-state index contributed by atoms with van der Waals surface area (Å²) in [5.74, 6) is 2.50. The van der Waals surface area contributed by atoms with Crippen molar-refractivity contribution in [1.29, 1.82) is 0 Å². The number of aliphatic hydroxyl groups excluding tert-OH is 1. The SMILES string of the molecule is Cc1ccc(-c2nc(Br)c3n2CCC(O)C3)o1. The molecule has 1 unspecified atom stereocenters. The zero-order valence-corrected chi connectivity index (χ0v) is 11.1. The van der Waals surface area contributed by atoms with Gasteiger partial charge in [-0.25, -0.2) is 4.98 Å². The van der Waals surface area contributed by atoms with Crippen molar-refractivity contribution in [2.75, 3.05) is 0 Å². The third-order valence-corrected chi connectivity index (χ3v) is 3.73. The topological polar surface area (TPSA) is 51.2 Å². The maximum absolute atomic E-state index is 9.68. The lowest BCUT2D eigenvalue weighted by molar-refractivity contribution is 0.143. The number of aryl methyl sites for hydroxylation is 1. The average molecular weight is 297 g/mol. The molecule has 2 aromatic heterocycles. The minimum atomic E-state index is -0.262. The molecular weight excluding hydrogens is 284 g/mol. The third kappa shape index (κ3) is 1.83. The van der Waals surface area contributed by atoms with E-state index in [2.05, 4.69) is 25.5 Å². The van der Waals surface area contributed by atoms with Crippen LogP contribution in [0, 0.1) is 6.92 Å². The number of hydrogen-bond acceptors (Lipinski definition) is 3. The minimum Gasteiger partial charge on any atom is -0.458 e. The normalized spacial score (nSPS) is 19.4. The van der Waals surface area contributed by atoms with Gasteiger partial charge in [0.25, 0.3) is 0 Å². The third-order valence-electron chi connectivity index (χ3n) is 3.10. The number of rotatable bonds is 1. The summed E-state index contributed by atoms with van der Waals surface area (Å²) in [5.41, 5.74) is 1.05. The van der Waals surface area contributed by atoms with E-state index >= 15 is 0 Å². The molecule has 2 aromatic rings. The van der Waals surface area contributed by atoms with Gasteiger partial charge < -0.3 is 14.1 Å². The molecule has 3 rings (SSSR count). The van der Waals surface area contributed by atoms with Gasteiger partial charge in [0.15, 0.2) is 11.6 Å². The second-order valence-electron chi connectivity index (χ2n) is 4.38. The van der Waals surface area contributed by atoms with Crippen LogP contribution in [-0.4, -0.2) is 20.8 Å².